The van der Waals surface area contributed by atoms with Gasteiger partial charge in [0.2, 0.25) is 5.95 Å². The minimum absolute atomic E-state index is 0.329. The van der Waals surface area contributed by atoms with Crippen LogP contribution < -0.4 is 9.64 Å². The Kier molecular flexibility index (Phi) is 3.11. The normalized spacial score (nSPS) is 18.6. The number of ether oxygens (including phenoxy) is 1. The molecule has 0 radical (unpaired) electrons. The largest absolute Gasteiger partial charge is 0.422 e. The molecule has 0 bridgehead atoms. The highest BCUT2D eigenvalue weighted by atomic mass is 16.5. The fourth-order valence-corrected chi connectivity index (χ4v) is 2.83. The van der Waals surface area contributed by atoms with Crippen LogP contribution in [0, 0.1) is 0 Å². The van der Waals surface area contributed by atoms with Crippen LogP contribution in [0.4, 0.5) is 5.95 Å². The van der Waals surface area contributed by atoms with Gasteiger partial charge in [-0.15, -0.1) is 0 Å². The van der Waals surface area contributed by atoms with Crippen LogP contribution in [0.2, 0.25) is 0 Å². The van der Waals surface area contributed by atoms with Gasteiger partial charge in [0.15, 0.2) is 0 Å². The molecule has 0 atom stereocenters. The topological polar surface area (TPSA) is 55.3 Å². The standard InChI is InChI=1S/C17H15N3O2/c21-16-14(13-5-1-2-6-15(13)22-16)9-12-10-18-17(19-11-12)20-7-3-4-8-20/h1-2,5-6,9-11H,3-4,7-8H2. The summed E-state index contributed by atoms with van der Waals surface area (Å²) in [4.78, 5) is 23.0. The van der Waals surface area contributed by atoms with Crippen LogP contribution in [0.15, 0.2) is 36.7 Å². The van der Waals surface area contributed by atoms with Crippen LogP contribution in [-0.4, -0.2) is 29.0 Å². The Morgan fingerprint density at radius 3 is 2.59 bits per heavy atom. The molecule has 0 amide bonds. The fourth-order valence-electron chi connectivity index (χ4n) is 2.83. The SMILES string of the molecule is O=C1Oc2ccccc2C1=Cc1cnc(N2CCCC2)nc1. The van der Waals surface area contributed by atoms with E-state index >= 15 is 0 Å². The van der Waals surface area contributed by atoms with E-state index in [4.69, 9.17) is 4.74 Å². The first-order chi connectivity index (χ1) is 10.8. The first-order valence-electron chi connectivity index (χ1n) is 7.41. The number of fused-ring (bicyclic) bond motifs is 1. The zero-order valence-electron chi connectivity index (χ0n) is 12.0. The van der Waals surface area contributed by atoms with E-state index in [-0.39, 0.29) is 5.97 Å². The third-order valence-electron chi connectivity index (χ3n) is 3.96. The van der Waals surface area contributed by atoms with Gasteiger partial charge in [-0.3, -0.25) is 0 Å². The fraction of sp³-hybridized carbons (Fsp3) is 0.235. The predicted octanol–water partition coefficient (Wildman–Crippen LogP) is 2.54. The zero-order valence-corrected chi connectivity index (χ0v) is 12.0. The Hall–Kier alpha value is -2.69. The van der Waals surface area contributed by atoms with Gasteiger partial charge in [0.05, 0.1) is 5.57 Å². The smallest absolute Gasteiger partial charge is 0.344 e. The monoisotopic (exact) mass is 293 g/mol. The van der Waals surface area contributed by atoms with E-state index in [1.807, 2.05) is 18.2 Å². The quantitative estimate of drug-likeness (QED) is 0.484. The highest BCUT2D eigenvalue weighted by molar-refractivity contribution is 6.25. The lowest BCUT2D eigenvalue weighted by atomic mass is 10.1. The molecule has 2 aromatic rings. The number of benzene rings is 1. The highest BCUT2D eigenvalue weighted by Crippen LogP contribution is 2.34. The lowest BCUT2D eigenvalue weighted by molar-refractivity contribution is -0.126. The summed E-state index contributed by atoms with van der Waals surface area (Å²) in [5.74, 6) is 1.03. The third kappa shape index (κ3) is 2.24. The van der Waals surface area contributed by atoms with Gasteiger partial charge in [0.1, 0.15) is 5.75 Å². The molecule has 0 saturated carbocycles. The molecule has 0 N–H and O–H groups in total. The summed E-state index contributed by atoms with van der Waals surface area (Å²) in [6.45, 7) is 2.03. The summed E-state index contributed by atoms with van der Waals surface area (Å²) in [5.41, 5.74) is 2.16. The van der Waals surface area contributed by atoms with Crippen molar-refractivity contribution in [2.45, 2.75) is 12.8 Å². The van der Waals surface area contributed by atoms with Gasteiger partial charge in [-0.1, -0.05) is 18.2 Å². The number of esters is 1. The van der Waals surface area contributed by atoms with Crippen LogP contribution in [0.25, 0.3) is 11.6 Å². The molecule has 1 aromatic carbocycles. The molecule has 2 aliphatic rings. The van der Waals surface area contributed by atoms with E-state index in [0.717, 1.165) is 30.2 Å². The van der Waals surface area contributed by atoms with Gasteiger partial charge >= 0.3 is 5.97 Å². The Balaban J connectivity index is 1.64. The van der Waals surface area contributed by atoms with Crippen molar-refractivity contribution in [1.82, 2.24) is 9.97 Å². The second-order valence-corrected chi connectivity index (χ2v) is 5.45. The van der Waals surface area contributed by atoms with Crippen LogP contribution >= 0.6 is 0 Å². The number of hydrogen-bond donors (Lipinski definition) is 0. The van der Waals surface area contributed by atoms with Crippen molar-refractivity contribution in [1.29, 1.82) is 0 Å². The minimum Gasteiger partial charge on any atom is -0.422 e. The van der Waals surface area contributed by atoms with Crippen molar-refractivity contribution in [3.05, 3.63) is 47.8 Å². The molecule has 1 saturated heterocycles. The number of nitrogens with zero attached hydrogens (tertiary/aromatic N) is 3. The Morgan fingerprint density at radius 2 is 1.82 bits per heavy atom. The summed E-state index contributed by atoms with van der Waals surface area (Å²) >= 11 is 0. The Morgan fingerprint density at radius 1 is 1.09 bits per heavy atom. The Bertz CT molecular complexity index is 747. The number of anilines is 1. The number of para-hydroxylation sites is 1. The molecule has 2 aliphatic heterocycles. The molecule has 110 valence electrons. The molecule has 22 heavy (non-hydrogen) atoms. The third-order valence-corrected chi connectivity index (χ3v) is 3.96. The average Bonchev–Trinajstić information content (AvgIpc) is 3.17. The molecule has 0 aliphatic carbocycles. The second-order valence-electron chi connectivity index (χ2n) is 5.45. The molecular weight excluding hydrogens is 278 g/mol. The average molecular weight is 293 g/mol. The van der Waals surface area contributed by atoms with Crippen molar-refractivity contribution in [3.63, 3.8) is 0 Å². The van der Waals surface area contributed by atoms with Crippen molar-refractivity contribution in [2.24, 2.45) is 0 Å². The molecule has 5 heteroatoms. The molecule has 3 heterocycles. The van der Waals surface area contributed by atoms with Gasteiger partial charge in [0, 0.05) is 36.6 Å². The van der Waals surface area contributed by atoms with Crippen LogP contribution in [-0.2, 0) is 4.79 Å². The first kappa shape index (κ1) is 13.0. The number of hydrogen-bond acceptors (Lipinski definition) is 5. The van der Waals surface area contributed by atoms with Crippen molar-refractivity contribution < 1.29 is 9.53 Å². The maximum absolute atomic E-state index is 12.0. The van der Waals surface area contributed by atoms with Crippen LogP contribution in [0.1, 0.15) is 24.0 Å². The number of rotatable bonds is 2. The van der Waals surface area contributed by atoms with Gasteiger partial charge in [-0.25, -0.2) is 14.8 Å². The van der Waals surface area contributed by atoms with Crippen LogP contribution in [0.3, 0.4) is 0 Å². The molecule has 5 nitrogen and oxygen atoms in total. The molecule has 0 unspecified atom stereocenters. The van der Waals surface area contributed by atoms with E-state index in [0.29, 0.717) is 11.3 Å². The number of carbonyl (C=O) groups is 1. The lowest BCUT2D eigenvalue weighted by Gasteiger charge is -2.14. The van der Waals surface area contributed by atoms with Crippen molar-refractivity contribution in [3.8, 4) is 5.75 Å². The van der Waals surface area contributed by atoms with Crippen molar-refractivity contribution >= 4 is 23.6 Å². The number of carbonyl (C=O) groups excluding carboxylic acids is 1. The molecular formula is C17H15N3O2. The van der Waals surface area contributed by atoms with Gasteiger partial charge < -0.3 is 9.64 Å². The summed E-state index contributed by atoms with van der Waals surface area (Å²) in [6.07, 6.45) is 7.67. The van der Waals surface area contributed by atoms with Crippen LogP contribution in [0.5, 0.6) is 5.75 Å². The minimum atomic E-state index is -0.329. The Labute approximate surface area is 128 Å². The molecule has 1 aromatic heterocycles. The molecule has 4 rings (SSSR count). The maximum Gasteiger partial charge on any atom is 0.344 e. The predicted molar refractivity (Wildman–Crippen MR) is 83.4 cm³/mol. The van der Waals surface area contributed by atoms with Crippen molar-refractivity contribution in [2.75, 3.05) is 18.0 Å². The van der Waals surface area contributed by atoms with Gasteiger partial charge in [-0.2, -0.15) is 0 Å². The molecule has 1 fully saturated rings. The zero-order chi connectivity index (χ0) is 14.9. The second kappa shape index (κ2) is 5.26. The summed E-state index contributed by atoms with van der Waals surface area (Å²) in [6, 6.07) is 7.41. The summed E-state index contributed by atoms with van der Waals surface area (Å²) < 4.78 is 5.24. The highest BCUT2D eigenvalue weighted by Gasteiger charge is 2.26. The lowest BCUT2D eigenvalue weighted by Crippen LogP contribution is -2.20. The first-order valence-corrected chi connectivity index (χ1v) is 7.41. The van der Waals surface area contributed by atoms with E-state index < -0.39 is 0 Å². The summed E-state index contributed by atoms with van der Waals surface area (Å²) in [7, 11) is 0. The molecule has 0 spiro atoms. The van der Waals surface area contributed by atoms with E-state index in [1.165, 1.54) is 12.8 Å². The van der Waals surface area contributed by atoms with Gasteiger partial charge in [0.25, 0.3) is 0 Å². The van der Waals surface area contributed by atoms with E-state index in [9.17, 15) is 4.79 Å². The summed E-state index contributed by atoms with van der Waals surface area (Å²) in [5, 5.41) is 0. The van der Waals surface area contributed by atoms with E-state index in [2.05, 4.69) is 14.9 Å². The number of aromatic nitrogens is 2. The maximum atomic E-state index is 12.0. The van der Waals surface area contributed by atoms with Gasteiger partial charge in [-0.05, 0) is 25.0 Å². The van der Waals surface area contributed by atoms with E-state index in [1.54, 1.807) is 24.5 Å².